The van der Waals surface area contributed by atoms with E-state index in [4.69, 9.17) is 0 Å². The first-order valence-electron chi connectivity index (χ1n) is 6.00. The molecule has 15 heavy (non-hydrogen) atoms. The highest BCUT2D eigenvalue weighted by molar-refractivity contribution is 6.01. The van der Waals surface area contributed by atoms with Crippen molar-refractivity contribution in [3.8, 4) is 0 Å². The third-order valence-corrected chi connectivity index (χ3v) is 3.73. The quantitative estimate of drug-likeness (QED) is 0.652. The summed E-state index contributed by atoms with van der Waals surface area (Å²) in [6.45, 7) is 2.97. The van der Waals surface area contributed by atoms with Gasteiger partial charge in [-0.25, -0.2) is 0 Å². The highest BCUT2D eigenvalue weighted by atomic mass is 16.2. The Morgan fingerprint density at radius 2 is 1.60 bits per heavy atom. The van der Waals surface area contributed by atoms with Crippen molar-refractivity contribution in [1.82, 2.24) is 4.90 Å². The fourth-order valence-corrected chi connectivity index (χ4v) is 2.60. The zero-order chi connectivity index (χ0) is 10.8. The van der Waals surface area contributed by atoms with Crippen molar-refractivity contribution in [2.45, 2.75) is 45.4 Å². The number of likely N-dealkylation sites (tertiary alicyclic amines) is 1. The van der Waals surface area contributed by atoms with E-state index in [0.717, 1.165) is 5.92 Å². The van der Waals surface area contributed by atoms with E-state index in [9.17, 15) is 9.59 Å². The number of amides is 2. The van der Waals surface area contributed by atoms with Crippen molar-refractivity contribution in [2.24, 2.45) is 11.8 Å². The number of imide groups is 1. The molecule has 0 aromatic carbocycles. The van der Waals surface area contributed by atoms with Crippen molar-refractivity contribution in [1.29, 1.82) is 0 Å². The van der Waals surface area contributed by atoms with Gasteiger partial charge in [-0.05, 0) is 24.7 Å². The Morgan fingerprint density at radius 3 is 2.13 bits per heavy atom. The molecule has 3 heteroatoms. The lowest BCUT2D eigenvalue weighted by Gasteiger charge is -2.28. The first-order chi connectivity index (χ1) is 7.16. The largest absolute Gasteiger partial charge is 0.282 e. The van der Waals surface area contributed by atoms with E-state index in [1.54, 1.807) is 0 Å². The lowest BCUT2D eigenvalue weighted by molar-refractivity contribution is -0.139. The molecule has 1 saturated heterocycles. The molecule has 0 spiro atoms. The fraction of sp³-hybridized carbons (Fsp3) is 0.833. The first kappa shape index (κ1) is 10.7. The summed E-state index contributed by atoms with van der Waals surface area (Å²) in [5, 5.41) is 0. The average molecular weight is 209 g/mol. The van der Waals surface area contributed by atoms with Gasteiger partial charge >= 0.3 is 0 Å². The Labute approximate surface area is 90.8 Å². The van der Waals surface area contributed by atoms with Gasteiger partial charge in [-0.2, -0.15) is 0 Å². The summed E-state index contributed by atoms with van der Waals surface area (Å²) < 4.78 is 0. The Balaban J connectivity index is 1.86. The van der Waals surface area contributed by atoms with Gasteiger partial charge in [0.25, 0.3) is 0 Å². The van der Waals surface area contributed by atoms with Crippen LogP contribution in [0, 0.1) is 11.8 Å². The van der Waals surface area contributed by atoms with Crippen LogP contribution in [0.15, 0.2) is 0 Å². The molecule has 0 aromatic rings. The van der Waals surface area contributed by atoms with Crippen LogP contribution in [0.5, 0.6) is 0 Å². The molecule has 1 aliphatic heterocycles. The van der Waals surface area contributed by atoms with E-state index < -0.39 is 0 Å². The predicted octanol–water partition coefficient (Wildman–Crippen LogP) is 1.96. The number of rotatable bonds is 2. The molecule has 1 saturated carbocycles. The molecule has 0 atom stereocenters. The fourth-order valence-electron chi connectivity index (χ4n) is 2.60. The van der Waals surface area contributed by atoms with Gasteiger partial charge in [0.05, 0.1) is 0 Å². The lowest BCUT2D eigenvalue weighted by Crippen LogP contribution is -2.35. The van der Waals surface area contributed by atoms with Gasteiger partial charge in [-0.3, -0.25) is 14.5 Å². The standard InChI is InChI=1S/C12H19NO2/c1-9-2-4-10(5-3-9)8-13-11(14)6-7-12(13)15/h9-10H,2-8H2,1H3/t9-,10-. The van der Waals surface area contributed by atoms with Crippen LogP contribution in [0.3, 0.4) is 0 Å². The topological polar surface area (TPSA) is 37.4 Å². The van der Waals surface area contributed by atoms with Crippen molar-refractivity contribution in [3.05, 3.63) is 0 Å². The molecule has 0 radical (unpaired) electrons. The molecule has 84 valence electrons. The number of hydrogen-bond donors (Lipinski definition) is 0. The predicted molar refractivity (Wildman–Crippen MR) is 57.1 cm³/mol. The van der Waals surface area contributed by atoms with Crippen LogP contribution in [0.4, 0.5) is 0 Å². The zero-order valence-corrected chi connectivity index (χ0v) is 9.37. The minimum Gasteiger partial charge on any atom is -0.282 e. The minimum atomic E-state index is 0.0404. The molecular weight excluding hydrogens is 190 g/mol. The molecule has 2 amide bonds. The smallest absolute Gasteiger partial charge is 0.229 e. The summed E-state index contributed by atoms with van der Waals surface area (Å²) in [6, 6.07) is 0. The maximum Gasteiger partial charge on any atom is 0.229 e. The average Bonchev–Trinajstić information content (AvgIpc) is 2.53. The molecule has 2 fully saturated rings. The molecule has 0 aromatic heterocycles. The second-order valence-corrected chi connectivity index (χ2v) is 5.02. The summed E-state index contributed by atoms with van der Waals surface area (Å²) in [6.07, 6.45) is 5.72. The highest BCUT2D eigenvalue weighted by Gasteiger charge is 2.31. The van der Waals surface area contributed by atoms with Crippen LogP contribution < -0.4 is 0 Å². The first-order valence-corrected chi connectivity index (χ1v) is 6.00. The summed E-state index contributed by atoms with van der Waals surface area (Å²) >= 11 is 0. The molecule has 1 aliphatic carbocycles. The van der Waals surface area contributed by atoms with E-state index in [2.05, 4.69) is 6.92 Å². The second kappa shape index (κ2) is 4.33. The third-order valence-electron chi connectivity index (χ3n) is 3.73. The molecule has 0 bridgehead atoms. The van der Waals surface area contributed by atoms with E-state index in [1.807, 2.05) is 0 Å². The monoisotopic (exact) mass is 209 g/mol. The van der Waals surface area contributed by atoms with Crippen LogP contribution in [-0.4, -0.2) is 23.3 Å². The highest BCUT2D eigenvalue weighted by Crippen LogP contribution is 2.29. The van der Waals surface area contributed by atoms with Gasteiger partial charge in [0.1, 0.15) is 0 Å². The Kier molecular flexibility index (Phi) is 3.08. The molecule has 0 N–H and O–H groups in total. The molecule has 3 nitrogen and oxygen atoms in total. The summed E-state index contributed by atoms with van der Waals surface area (Å²) in [5.41, 5.74) is 0. The molecular formula is C12H19NO2. The third kappa shape index (κ3) is 2.39. The minimum absolute atomic E-state index is 0.0404. The van der Waals surface area contributed by atoms with Gasteiger partial charge in [-0.15, -0.1) is 0 Å². The summed E-state index contributed by atoms with van der Waals surface area (Å²) in [5.74, 6) is 1.47. The lowest BCUT2D eigenvalue weighted by atomic mass is 9.83. The van der Waals surface area contributed by atoms with Crippen molar-refractivity contribution >= 4 is 11.8 Å². The van der Waals surface area contributed by atoms with Crippen LogP contribution in [0.1, 0.15) is 45.4 Å². The summed E-state index contributed by atoms with van der Waals surface area (Å²) in [7, 11) is 0. The van der Waals surface area contributed by atoms with Crippen molar-refractivity contribution < 1.29 is 9.59 Å². The van der Waals surface area contributed by atoms with Gasteiger partial charge in [0, 0.05) is 19.4 Å². The number of carbonyl (C=O) groups excluding carboxylic acids is 2. The van der Waals surface area contributed by atoms with Crippen molar-refractivity contribution in [2.75, 3.05) is 6.54 Å². The SMILES string of the molecule is C[C@H]1CC[C@H](CN2C(=O)CCC2=O)CC1. The van der Waals surface area contributed by atoms with Gasteiger partial charge < -0.3 is 0 Å². The van der Waals surface area contributed by atoms with Gasteiger partial charge in [0.15, 0.2) is 0 Å². The number of nitrogens with zero attached hydrogens (tertiary/aromatic N) is 1. The zero-order valence-electron chi connectivity index (χ0n) is 9.37. The summed E-state index contributed by atoms with van der Waals surface area (Å²) in [4.78, 5) is 24.3. The van der Waals surface area contributed by atoms with Gasteiger partial charge in [-0.1, -0.05) is 19.8 Å². The maximum absolute atomic E-state index is 11.4. The van der Waals surface area contributed by atoms with E-state index in [1.165, 1.54) is 30.6 Å². The van der Waals surface area contributed by atoms with Crippen LogP contribution in [0.2, 0.25) is 0 Å². The van der Waals surface area contributed by atoms with Crippen LogP contribution >= 0.6 is 0 Å². The van der Waals surface area contributed by atoms with Crippen LogP contribution in [-0.2, 0) is 9.59 Å². The second-order valence-electron chi connectivity index (χ2n) is 5.02. The Bertz CT molecular complexity index is 251. The van der Waals surface area contributed by atoms with Crippen molar-refractivity contribution in [3.63, 3.8) is 0 Å². The normalized spacial score (nSPS) is 32.5. The van der Waals surface area contributed by atoms with E-state index in [-0.39, 0.29) is 11.8 Å². The van der Waals surface area contributed by atoms with E-state index >= 15 is 0 Å². The molecule has 2 aliphatic rings. The van der Waals surface area contributed by atoms with Crippen LogP contribution in [0.25, 0.3) is 0 Å². The van der Waals surface area contributed by atoms with E-state index in [0.29, 0.717) is 25.3 Å². The Morgan fingerprint density at radius 1 is 1.07 bits per heavy atom. The molecule has 0 unspecified atom stereocenters. The number of hydrogen-bond acceptors (Lipinski definition) is 2. The Hall–Kier alpha value is -0.860. The molecule has 2 rings (SSSR count). The van der Waals surface area contributed by atoms with Gasteiger partial charge in [0.2, 0.25) is 11.8 Å². The maximum atomic E-state index is 11.4. The number of carbonyl (C=O) groups is 2. The molecule has 1 heterocycles.